The SMILES string of the molecule is CC[C@@H](C)Oc1ccc(/C=C(\C#N)c2cccc3ccccc23)cc1OC. The first-order chi connectivity index (χ1) is 13.2. The zero-order chi connectivity index (χ0) is 19.2. The van der Waals surface area contributed by atoms with Gasteiger partial charge in [0.2, 0.25) is 0 Å². The lowest BCUT2D eigenvalue weighted by atomic mass is 9.97. The van der Waals surface area contributed by atoms with Crippen molar-refractivity contribution in [2.45, 2.75) is 26.4 Å². The molecule has 27 heavy (non-hydrogen) atoms. The van der Waals surface area contributed by atoms with Crippen LogP contribution in [0.25, 0.3) is 22.4 Å². The van der Waals surface area contributed by atoms with Crippen molar-refractivity contribution >= 4 is 22.4 Å². The molecule has 136 valence electrons. The van der Waals surface area contributed by atoms with Crippen molar-refractivity contribution in [2.75, 3.05) is 7.11 Å². The summed E-state index contributed by atoms with van der Waals surface area (Å²) in [5.74, 6) is 1.38. The van der Waals surface area contributed by atoms with E-state index in [2.05, 4.69) is 25.1 Å². The van der Waals surface area contributed by atoms with Crippen molar-refractivity contribution in [1.29, 1.82) is 5.26 Å². The van der Waals surface area contributed by atoms with Gasteiger partial charge in [0.25, 0.3) is 0 Å². The average molecular weight is 357 g/mol. The molecule has 0 aliphatic heterocycles. The summed E-state index contributed by atoms with van der Waals surface area (Å²) in [6, 6.07) is 22.2. The van der Waals surface area contributed by atoms with Crippen LogP contribution in [0.3, 0.4) is 0 Å². The molecule has 0 aliphatic carbocycles. The van der Waals surface area contributed by atoms with Crippen LogP contribution in [0.5, 0.6) is 11.5 Å². The fourth-order valence-corrected chi connectivity index (χ4v) is 2.97. The van der Waals surface area contributed by atoms with Crippen molar-refractivity contribution in [3.05, 3.63) is 71.8 Å². The number of methoxy groups -OCH3 is 1. The molecule has 0 heterocycles. The molecule has 0 amide bonds. The van der Waals surface area contributed by atoms with Crippen LogP contribution < -0.4 is 9.47 Å². The number of benzene rings is 3. The van der Waals surface area contributed by atoms with Gasteiger partial charge in [0.1, 0.15) is 0 Å². The van der Waals surface area contributed by atoms with Crippen molar-refractivity contribution in [3.8, 4) is 17.6 Å². The van der Waals surface area contributed by atoms with E-state index in [-0.39, 0.29) is 6.10 Å². The highest BCUT2D eigenvalue weighted by atomic mass is 16.5. The summed E-state index contributed by atoms with van der Waals surface area (Å²) in [6.07, 6.45) is 2.92. The van der Waals surface area contributed by atoms with Crippen LogP contribution in [0.2, 0.25) is 0 Å². The number of allylic oxidation sites excluding steroid dienone is 1. The second kappa shape index (κ2) is 8.42. The first-order valence-corrected chi connectivity index (χ1v) is 9.11. The minimum absolute atomic E-state index is 0.116. The zero-order valence-electron chi connectivity index (χ0n) is 15.9. The normalized spacial score (nSPS) is 12.4. The van der Waals surface area contributed by atoms with Crippen LogP contribution >= 0.6 is 0 Å². The molecule has 0 saturated heterocycles. The number of rotatable bonds is 6. The Morgan fingerprint density at radius 3 is 2.59 bits per heavy atom. The van der Waals surface area contributed by atoms with Gasteiger partial charge in [0.05, 0.1) is 24.9 Å². The fourth-order valence-electron chi connectivity index (χ4n) is 2.97. The Hall–Kier alpha value is -3.25. The van der Waals surface area contributed by atoms with Gasteiger partial charge in [-0.25, -0.2) is 0 Å². The lowest BCUT2D eigenvalue weighted by Crippen LogP contribution is -2.10. The maximum absolute atomic E-state index is 9.76. The van der Waals surface area contributed by atoms with Gasteiger partial charge in [-0.2, -0.15) is 5.26 Å². The lowest BCUT2D eigenvalue weighted by Gasteiger charge is -2.16. The standard InChI is InChI=1S/C24H23NO2/c1-4-17(2)27-23-13-12-18(15-24(23)26-3)14-20(16-25)22-11-7-9-19-8-5-6-10-21(19)22/h5-15,17H,4H2,1-3H3/b20-14+/t17-/m1/s1. The average Bonchev–Trinajstić information content (AvgIpc) is 2.72. The molecule has 0 unspecified atom stereocenters. The van der Waals surface area contributed by atoms with Gasteiger partial charge in [-0.15, -0.1) is 0 Å². The smallest absolute Gasteiger partial charge is 0.161 e. The summed E-state index contributed by atoms with van der Waals surface area (Å²) in [5.41, 5.74) is 2.44. The van der Waals surface area contributed by atoms with E-state index in [1.54, 1.807) is 7.11 Å². The van der Waals surface area contributed by atoms with Crippen LogP contribution in [0.1, 0.15) is 31.4 Å². The van der Waals surface area contributed by atoms with Gasteiger partial charge in [-0.05, 0) is 47.9 Å². The van der Waals surface area contributed by atoms with Gasteiger partial charge >= 0.3 is 0 Å². The predicted octanol–water partition coefficient (Wildman–Crippen LogP) is 6.09. The van der Waals surface area contributed by atoms with Gasteiger partial charge in [-0.1, -0.05) is 55.5 Å². The molecule has 3 nitrogen and oxygen atoms in total. The number of fused-ring (bicyclic) bond motifs is 1. The van der Waals surface area contributed by atoms with E-state index in [1.165, 1.54) is 0 Å². The van der Waals surface area contributed by atoms with Crippen LogP contribution in [-0.2, 0) is 0 Å². The van der Waals surface area contributed by atoms with Crippen molar-refractivity contribution < 1.29 is 9.47 Å². The number of nitrogens with zero attached hydrogens (tertiary/aromatic N) is 1. The zero-order valence-corrected chi connectivity index (χ0v) is 15.9. The number of ether oxygens (including phenoxy) is 2. The maximum Gasteiger partial charge on any atom is 0.161 e. The number of nitriles is 1. The fraction of sp³-hybridized carbons (Fsp3) is 0.208. The molecule has 0 saturated carbocycles. The molecular weight excluding hydrogens is 334 g/mol. The molecule has 3 rings (SSSR count). The minimum atomic E-state index is 0.116. The minimum Gasteiger partial charge on any atom is -0.493 e. The monoisotopic (exact) mass is 357 g/mol. The van der Waals surface area contributed by atoms with E-state index in [4.69, 9.17) is 9.47 Å². The van der Waals surface area contributed by atoms with Crippen LogP contribution in [0.4, 0.5) is 0 Å². The first kappa shape index (κ1) is 18.5. The Morgan fingerprint density at radius 2 is 1.85 bits per heavy atom. The van der Waals surface area contributed by atoms with Gasteiger partial charge in [-0.3, -0.25) is 0 Å². The number of hydrogen-bond acceptors (Lipinski definition) is 3. The first-order valence-electron chi connectivity index (χ1n) is 9.11. The van der Waals surface area contributed by atoms with Crippen LogP contribution in [-0.4, -0.2) is 13.2 Å². The molecular formula is C24H23NO2. The Morgan fingerprint density at radius 1 is 1.07 bits per heavy atom. The third-order valence-corrected chi connectivity index (χ3v) is 4.60. The largest absolute Gasteiger partial charge is 0.493 e. The highest BCUT2D eigenvalue weighted by molar-refractivity contribution is 6.01. The van der Waals surface area contributed by atoms with Crippen molar-refractivity contribution in [3.63, 3.8) is 0 Å². The molecule has 3 aromatic rings. The maximum atomic E-state index is 9.76. The van der Waals surface area contributed by atoms with E-state index in [0.29, 0.717) is 17.1 Å². The highest BCUT2D eigenvalue weighted by Gasteiger charge is 2.10. The van der Waals surface area contributed by atoms with Crippen LogP contribution in [0, 0.1) is 11.3 Å². The summed E-state index contributed by atoms with van der Waals surface area (Å²) in [6.45, 7) is 4.11. The third kappa shape index (κ3) is 4.12. The summed E-state index contributed by atoms with van der Waals surface area (Å²) in [7, 11) is 1.63. The summed E-state index contributed by atoms with van der Waals surface area (Å²) in [5, 5.41) is 11.9. The second-order valence-corrected chi connectivity index (χ2v) is 6.44. The van der Waals surface area contributed by atoms with Crippen molar-refractivity contribution in [2.24, 2.45) is 0 Å². The predicted molar refractivity (Wildman–Crippen MR) is 111 cm³/mol. The van der Waals surface area contributed by atoms with E-state index >= 15 is 0 Å². The van der Waals surface area contributed by atoms with Crippen LogP contribution in [0.15, 0.2) is 60.7 Å². The molecule has 0 fully saturated rings. The van der Waals surface area contributed by atoms with Gasteiger partial charge in [0, 0.05) is 5.56 Å². The summed E-state index contributed by atoms with van der Waals surface area (Å²) >= 11 is 0. The molecule has 0 spiro atoms. The van der Waals surface area contributed by atoms with E-state index in [1.807, 2.05) is 61.5 Å². The quantitative estimate of drug-likeness (QED) is 0.396. The Labute approximate surface area is 160 Å². The summed E-state index contributed by atoms with van der Waals surface area (Å²) in [4.78, 5) is 0. The molecule has 1 atom stereocenters. The van der Waals surface area contributed by atoms with E-state index in [9.17, 15) is 5.26 Å². The Kier molecular flexibility index (Phi) is 5.78. The molecule has 3 heteroatoms. The molecule has 0 aliphatic rings. The third-order valence-electron chi connectivity index (χ3n) is 4.60. The lowest BCUT2D eigenvalue weighted by molar-refractivity contribution is 0.207. The second-order valence-electron chi connectivity index (χ2n) is 6.44. The van der Waals surface area contributed by atoms with E-state index < -0.39 is 0 Å². The van der Waals surface area contributed by atoms with Gasteiger partial charge in [0.15, 0.2) is 11.5 Å². The topological polar surface area (TPSA) is 42.2 Å². The molecule has 0 radical (unpaired) electrons. The van der Waals surface area contributed by atoms with Gasteiger partial charge < -0.3 is 9.47 Å². The molecule has 0 N–H and O–H groups in total. The highest BCUT2D eigenvalue weighted by Crippen LogP contribution is 2.32. The molecule has 3 aromatic carbocycles. The molecule has 0 aromatic heterocycles. The summed E-state index contributed by atoms with van der Waals surface area (Å²) < 4.78 is 11.4. The van der Waals surface area contributed by atoms with Crippen molar-refractivity contribution in [1.82, 2.24) is 0 Å². The molecule has 0 bridgehead atoms. The Balaban J connectivity index is 2.02. The Bertz CT molecular complexity index is 1010. The van der Waals surface area contributed by atoms with E-state index in [0.717, 1.165) is 28.3 Å². The number of hydrogen-bond donors (Lipinski definition) is 0.